The van der Waals surface area contributed by atoms with Gasteiger partial charge in [0.05, 0.1) is 0 Å². The second-order valence-corrected chi connectivity index (χ2v) is 9.75. The predicted octanol–water partition coefficient (Wildman–Crippen LogP) is 10.9. The van der Waals surface area contributed by atoms with E-state index >= 15 is 0 Å². The van der Waals surface area contributed by atoms with Gasteiger partial charge in [-0.05, 0) is 23.3 Å². The van der Waals surface area contributed by atoms with Crippen LogP contribution in [0, 0.1) is 0 Å². The van der Waals surface area contributed by atoms with Gasteiger partial charge in [0.1, 0.15) is 23.0 Å². The first-order valence-corrected chi connectivity index (χ1v) is 13.4. The van der Waals surface area contributed by atoms with Crippen LogP contribution in [0.4, 0.5) is 0 Å². The van der Waals surface area contributed by atoms with Gasteiger partial charge in [0.15, 0.2) is 0 Å². The van der Waals surface area contributed by atoms with Crippen molar-refractivity contribution in [2.75, 3.05) is 0 Å². The third kappa shape index (κ3) is 4.57. The highest BCUT2D eigenvalue weighted by atomic mass is 16.3. The Morgan fingerprint density at radius 1 is 0.275 bits per heavy atom. The van der Waals surface area contributed by atoms with E-state index in [-0.39, 0.29) is 0 Å². The van der Waals surface area contributed by atoms with E-state index in [0.29, 0.717) is 0 Å². The fraction of sp³-hybridized carbons (Fsp3) is 0. The van der Waals surface area contributed by atoms with Crippen LogP contribution < -0.4 is 0 Å². The normalized spacial score (nSPS) is 11.0. The van der Waals surface area contributed by atoms with Crippen LogP contribution in [0.15, 0.2) is 167 Å². The van der Waals surface area contributed by atoms with Gasteiger partial charge in [0.2, 0.25) is 0 Å². The number of hydrogen-bond donors (Lipinski definition) is 0. The van der Waals surface area contributed by atoms with Gasteiger partial charge in [-0.2, -0.15) is 0 Å². The molecule has 2 heterocycles. The van der Waals surface area contributed by atoms with Gasteiger partial charge in [0, 0.05) is 33.4 Å². The van der Waals surface area contributed by atoms with E-state index in [1.165, 1.54) is 0 Å². The van der Waals surface area contributed by atoms with Crippen LogP contribution in [-0.2, 0) is 0 Å². The van der Waals surface area contributed by atoms with E-state index in [0.717, 1.165) is 67.5 Å². The van der Waals surface area contributed by atoms with Gasteiger partial charge >= 0.3 is 0 Å². The lowest BCUT2D eigenvalue weighted by atomic mass is 10.0. The quantitative estimate of drug-likeness (QED) is 0.221. The molecule has 7 aromatic rings. The van der Waals surface area contributed by atoms with Crippen molar-refractivity contribution < 1.29 is 8.83 Å². The summed E-state index contributed by atoms with van der Waals surface area (Å²) in [5, 5.41) is 0. The van der Waals surface area contributed by atoms with E-state index < -0.39 is 0 Å². The van der Waals surface area contributed by atoms with Gasteiger partial charge in [-0.15, -0.1) is 0 Å². The first-order valence-electron chi connectivity index (χ1n) is 13.4. The first-order chi connectivity index (χ1) is 19.8. The Balaban J connectivity index is 1.28. The molecule has 0 aliphatic rings. The fourth-order valence-electron chi connectivity index (χ4n) is 5.14. The van der Waals surface area contributed by atoms with Crippen LogP contribution in [0.1, 0.15) is 0 Å². The topological polar surface area (TPSA) is 26.3 Å². The molecule has 5 aromatic carbocycles. The third-order valence-corrected chi connectivity index (χ3v) is 7.16. The lowest BCUT2D eigenvalue weighted by molar-refractivity contribution is 0.596. The van der Waals surface area contributed by atoms with Crippen molar-refractivity contribution in [3.05, 3.63) is 158 Å². The van der Waals surface area contributed by atoms with Crippen LogP contribution in [0.25, 0.3) is 67.5 Å². The molecule has 2 nitrogen and oxygen atoms in total. The SMILES string of the molecule is c1ccc(-c2cc(-c3ccc(-c4cc(-c5ccccc5)c(-c5ccccc5)o4)cc3)oc2-c2ccccc2)cc1. The molecule has 2 aromatic heterocycles. The van der Waals surface area contributed by atoms with Gasteiger partial charge in [-0.3, -0.25) is 0 Å². The molecule has 7 rings (SSSR count). The monoisotopic (exact) mass is 514 g/mol. The van der Waals surface area contributed by atoms with Crippen molar-refractivity contribution >= 4 is 0 Å². The van der Waals surface area contributed by atoms with Crippen LogP contribution >= 0.6 is 0 Å². The average Bonchev–Trinajstić information content (AvgIpc) is 3.69. The summed E-state index contributed by atoms with van der Waals surface area (Å²) in [6.45, 7) is 0. The lowest BCUT2D eigenvalue weighted by Gasteiger charge is -2.03. The third-order valence-electron chi connectivity index (χ3n) is 7.16. The number of hydrogen-bond acceptors (Lipinski definition) is 2. The Morgan fingerprint density at radius 3 is 0.900 bits per heavy atom. The lowest BCUT2D eigenvalue weighted by Crippen LogP contribution is -1.78. The van der Waals surface area contributed by atoms with Gasteiger partial charge in [-0.1, -0.05) is 146 Å². The predicted molar refractivity (Wildman–Crippen MR) is 164 cm³/mol. The zero-order chi connectivity index (χ0) is 26.7. The van der Waals surface area contributed by atoms with Crippen LogP contribution in [-0.4, -0.2) is 0 Å². The van der Waals surface area contributed by atoms with Crippen LogP contribution in [0.5, 0.6) is 0 Å². The molecule has 0 saturated heterocycles. The molecule has 2 heteroatoms. The number of rotatable bonds is 6. The van der Waals surface area contributed by atoms with Crippen molar-refractivity contribution in [2.45, 2.75) is 0 Å². The van der Waals surface area contributed by atoms with Gasteiger partial charge < -0.3 is 8.83 Å². The smallest absolute Gasteiger partial charge is 0.142 e. The molecular weight excluding hydrogens is 488 g/mol. The van der Waals surface area contributed by atoms with Gasteiger partial charge in [-0.25, -0.2) is 0 Å². The summed E-state index contributed by atoms with van der Waals surface area (Å²) in [4.78, 5) is 0. The highest BCUT2D eigenvalue weighted by Crippen LogP contribution is 2.41. The molecule has 190 valence electrons. The van der Waals surface area contributed by atoms with Crippen LogP contribution in [0.2, 0.25) is 0 Å². The first kappa shape index (κ1) is 23.8. The summed E-state index contributed by atoms with van der Waals surface area (Å²) in [7, 11) is 0. The van der Waals surface area contributed by atoms with E-state index in [1.807, 2.05) is 48.5 Å². The Morgan fingerprint density at radius 2 is 0.575 bits per heavy atom. The Labute approximate surface area is 233 Å². The summed E-state index contributed by atoms with van der Waals surface area (Å²) < 4.78 is 13.0. The molecule has 0 aliphatic heterocycles. The molecule has 0 N–H and O–H groups in total. The molecule has 0 atom stereocenters. The second kappa shape index (κ2) is 10.4. The highest BCUT2D eigenvalue weighted by molar-refractivity contribution is 5.85. The molecule has 40 heavy (non-hydrogen) atoms. The number of furan rings is 2. The minimum Gasteiger partial charge on any atom is -0.455 e. The fourth-order valence-corrected chi connectivity index (χ4v) is 5.14. The van der Waals surface area contributed by atoms with Crippen molar-refractivity contribution in [3.8, 4) is 67.5 Å². The molecule has 0 unspecified atom stereocenters. The maximum absolute atomic E-state index is 6.50. The van der Waals surface area contributed by atoms with Crippen molar-refractivity contribution in [1.82, 2.24) is 0 Å². The summed E-state index contributed by atoms with van der Waals surface area (Å²) in [5.41, 5.74) is 8.57. The largest absolute Gasteiger partial charge is 0.455 e. The molecule has 0 spiro atoms. The zero-order valence-electron chi connectivity index (χ0n) is 21.8. The average molecular weight is 515 g/mol. The Bertz CT molecular complexity index is 1590. The maximum Gasteiger partial charge on any atom is 0.142 e. The zero-order valence-corrected chi connectivity index (χ0v) is 21.8. The molecule has 0 amide bonds. The van der Waals surface area contributed by atoms with E-state index in [9.17, 15) is 0 Å². The summed E-state index contributed by atoms with van der Waals surface area (Å²) in [6.07, 6.45) is 0. The van der Waals surface area contributed by atoms with E-state index in [1.54, 1.807) is 0 Å². The van der Waals surface area contributed by atoms with E-state index in [2.05, 4.69) is 109 Å². The number of benzene rings is 5. The summed E-state index contributed by atoms with van der Waals surface area (Å²) in [5.74, 6) is 3.41. The molecule has 0 radical (unpaired) electrons. The van der Waals surface area contributed by atoms with Gasteiger partial charge in [0.25, 0.3) is 0 Å². The minimum absolute atomic E-state index is 0.832. The minimum atomic E-state index is 0.832. The highest BCUT2D eigenvalue weighted by Gasteiger charge is 2.18. The Kier molecular flexibility index (Phi) is 6.20. The summed E-state index contributed by atoms with van der Waals surface area (Å²) in [6, 6.07) is 54.0. The van der Waals surface area contributed by atoms with Crippen molar-refractivity contribution in [2.24, 2.45) is 0 Å². The molecular formula is C38H26O2. The standard InChI is InChI=1S/C38H26O2/c1-5-13-27(14-6-1)33-25-35(39-37(33)31-17-9-3-10-18-31)29-21-23-30(24-22-29)36-26-34(28-15-7-2-8-16-28)38(40-36)32-19-11-4-12-20-32/h1-26H. The maximum atomic E-state index is 6.50. The summed E-state index contributed by atoms with van der Waals surface area (Å²) >= 11 is 0. The second-order valence-electron chi connectivity index (χ2n) is 9.75. The Hall–Kier alpha value is -5.34. The molecule has 0 saturated carbocycles. The van der Waals surface area contributed by atoms with Crippen molar-refractivity contribution in [3.63, 3.8) is 0 Å². The van der Waals surface area contributed by atoms with E-state index in [4.69, 9.17) is 8.83 Å². The molecule has 0 bridgehead atoms. The molecule has 0 aliphatic carbocycles. The van der Waals surface area contributed by atoms with Crippen LogP contribution in [0.3, 0.4) is 0 Å². The molecule has 0 fully saturated rings. The van der Waals surface area contributed by atoms with Crippen molar-refractivity contribution in [1.29, 1.82) is 0 Å².